The van der Waals surface area contributed by atoms with Gasteiger partial charge in [0.1, 0.15) is 11.0 Å². The predicted molar refractivity (Wildman–Crippen MR) is 77.5 cm³/mol. The van der Waals surface area contributed by atoms with E-state index in [1.54, 1.807) is 0 Å². The van der Waals surface area contributed by atoms with Crippen LogP contribution in [0.2, 0.25) is 5.02 Å². The Balaban J connectivity index is 2.80. The van der Waals surface area contributed by atoms with Gasteiger partial charge >= 0.3 is 5.97 Å². The summed E-state index contributed by atoms with van der Waals surface area (Å²) in [5.41, 5.74) is 0.281. The maximum absolute atomic E-state index is 11.7. The smallest absolute Gasteiger partial charge is 0.341 e. The monoisotopic (exact) mass is 335 g/mol. The lowest BCUT2D eigenvalue weighted by molar-refractivity contribution is -0.139. The average Bonchev–Trinajstić information content (AvgIpc) is 2.35. The first-order chi connectivity index (χ1) is 9.61. The number of carboxylic acid groups (broad SMARTS) is 1. The van der Waals surface area contributed by atoms with Crippen LogP contribution in [0.15, 0.2) is 18.2 Å². The van der Waals surface area contributed by atoms with Crippen molar-refractivity contribution >= 4 is 39.0 Å². The summed E-state index contributed by atoms with van der Waals surface area (Å²) in [7, 11) is -3.49. The number of hydrogen-bond acceptors (Lipinski definition) is 5. The van der Waals surface area contributed by atoms with E-state index < -0.39 is 33.6 Å². The zero-order valence-corrected chi connectivity index (χ0v) is 12.9. The maximum atomic E-state index is 11.7. The molecule has 116 valence electrons. The van der Waals surface area contributed by atoms with Crippen LogP contribution in [0.3, 0.4) is 0 Å². The number of carboxylic acids is 1. The quantitative estimate of drug-likeness (QED) is 0.807. The van der Waals surface area contributed by atoms with Crippen molar-refractivity contribution in [3.05, 3.63) is 23.2 Å². The van der Waals surface area contributed by atoms with Crippen LogP contribution in [0.5, 0.6) is 5.75 Å². The van der Waals surface area contributed by atoms with Gasteiger partial charge in [0, 0.05) is 11.9 Å². The summed E-state index contributed by atoms with van der Waals surface area (Å²) in [5.74, 6) is -1.69. The fraction of sp³-hybridized carbons (Fsp3) is 0.333. The summed E-state index contributed by atoms with van der Waals surface area (Å²) in [5, 5.41) is 9.80. The Bertz CT molecular complexity index is 658. The Kier molecular flexibility index (Phi) is 5.56. The van der Waals surface area contributed by atoms with Crippen molar-refractivity contribution in [1.82, 2.24) is 0 Å². The summed E-state index contributed by atoms with van der Waals surface area (Å²) < 4.78 is 27.5. The van der Waals surface area contributed by atoms with Crippen LogP contribution in [0, 0.1) is 0 Å². The first-order valence-corrected chi connectivity index (χ1v) is 8.08. The molecule has 0 radical (unpaired) electrons. The van der Waals surface area contributed by atoms with Gasteiger partial charge in [-0.2, -0.15) is 0 Å². The summed E-state index contributed by atoms with van der Waals surface area (Å²) >= 11 is 5.88. The van der Waals surface area contributed by atoms with Crippen molar-refractivity contribution < 1.29 is 27.9 Å². The van der Waals surface area contributed by atoms with E-state index in [1.807, 2.05) is 0 Å². The molecule has 1 atom stereocenters. The minimum atomic E-state index is -3.49. The van der Waals surface area contributed by atoms with Crippen LogP contribution >= 0.6 is 11.6 Å². The molecule has 2 N–H and O–H groups in total. The van der Waals surface area contributed by atoms with E-state index in [4.69, 9.17) is 21.4 Å². The number of carbonyl (C=O) groups is 2. The number of benzene rings is 1. The molecule has 1 rings (SSSR count). The molecule has 0 saturated carbocycles. The third-order valence-electron chi connectivity index (χ3n) is 2.56. The van der Waals surface area contributed by atoms with Gasteiger partial charge in [0.15, 0.2) is 16.4 Å². The van der Waals surface area contributed by atoms with Gasteiger partial charge in [-0.3, -0.25) is 4.79 Å². The fourth-order valence-electron chi connectivity index (χ4n) is 1.27. The second-order valence-corrected chi connectivity index (χ2v) is 7.06. The van der Waals surface area contributed by atoms with Crippen LogP contribution in [0.1, 0.15) is 6.92 Å². The van der Waals surface area contributed by atoms with Gasteiger partial charge in [-0.05, 0) is 25.1 Å². The van der Waals surface area contributed by atoms with Crippen molar-refractivity contribution in [2.75, 3.05) is 18.2 Å². The summed E-state index contributed by atoms with van der Waals surface area (Å²) in [6.07, 6.45) is 0.965. The number of carbonyl (C=O) groups excluding carboxylic acids is 1. The van der Waals surface area contributed by atoms with Crippen LogP contribution in [0.25, 0.3) is 0 Å². The zero-order chi connectivity index (χ0) is 16.2. The first kappa shape index (κ1) is 17.3. The summed E-state index contributed by atoms with van der Waals surface area (Å²) in [6.45, 7) is 0.729. The van der Waals surface area contributed by atoms with Gasteiger partial charge in [0.05, 0.1) is 5.02 Å². The lowest BCUT2D eigenvalue weighted by atomic mass is 10.3. The minimum Gasteiger partial charge on any atom is -0.480 e. The molecule has 1 unspecified atom stereocenters. The van der Waals surface area contributed by atoms with Gasteiger partial charge in [-0.15, -0.1) is 0 Å². The number of rotatable bonds is 6. The predicted octanol–water partition coefficient (Wildman–Crippen LogP) is 1.18. The lowest BCUT2D eigenvalue weighted by Crippen LogP contribution is -2.31. The third-order valence-corrected chi connectivity index (χ3v) is 4.36. The molecule has 0 aromatic heterocycles. The first-order valence-electron chi connectivity index (χ1n) is 5.75. The zero-order valence-electron chi connectivity index (χ0n) is 11.3. The minimum absolute atomic E-state index is 0.0982. The molecule has 9 heteroatoms. The molecule has 0 bridgehead atoms. The SMILES string of the molecule is CC(C(=O)Nc1ccc(OCC(=O)O)c(Cl)c1)S(C)(=O)=O. The molecular weight excluding hydrogens is 322 g/mol. The number of ether oxygens (including phenoxy) is 1. The second kappa shape index (κ2) is 6.77. The lowest BCUT2D eigenvalue weighted by Gasteiger charge is -2.12. The number of nitrogens with one attached hydrogen (secondary N) is 1. The van der Waals surface area contributed by atoms with Gasteiger partial charge in [0.2, 0.25) is 5.91 Å². The molecule has 7 nitrogen and oxygen atoms in total. The van der Waals surface area contributed by atoms with E-state index in [9.17, 15) is 18.0 Å². The van der Waals surface area contributed by atoms with Gasteiger partial charge in [0.25, 0.3) is 0 Å². The van der Waals surface area contributed by atoms with Crippen molar-refractivity contribution in [2.45, 2.75) is 12.2 Å². The number of sulfone groups is 1. The highest BCUT2D eigenvalue weighted by atomic mass is 35.5. The van der Waals surface area contributed by atoms with Crippen molar-refractivity contribution in [3.63, 3.8) is 0 Å². The molecule has 0 spiro atoms. The number of halogens is 1. The molecule has 21 heavy (non-hydrogen) atoms. The number of aliphatic carboxylic acids is 1. The highest BCUT2D eigenvalue weighted by Gasteiger charge is 2.23. The molecule has 0 aliphatic heterocycles. The molecule has 1 aromatic rings. The van der Waals surface area contributed by atoms with Gasteiger partial charge in [-0.1, -0.05) is 11.6 Å². The maximum Gasteiger partial charge on any atom is 0.341 e. The molecule has 1 aromatic carbocycles. The van der Waals surface area contributed by atoms with E-state index in [0.29, 0.717) is 0 Å². The Hall–Kier alpha value is -1.80. The van der Waals surface area contributed by atoms with E-state index >= 15 is 0 Å². The molecule has 0 fully saturated rings. The Labute approximate surface area is 126 Å². The van der Waals surface area contributed by atoms with Gasteiger partial charge in [-0.25, -0.2) is 13.2 Å². The van der Waals surface area contributed by atoms with Crippen molar-refractivity contribution in [1.29, 1.82) is 0 Å². The Morgan fingerprint density at radius 2 is 2.05 bits per heavy atom. The van der Waals surface area contributed by atoms with Crippen molar-refractivity contribution in [3.8, 4) is 5.75 Å². The number of hydrogen-bond donors (Lipinski definition) is 2. The highest BCUT2D eigenvalue weighted by molar-refractivity contribution is 7.92. The molecule has 0 heterocycles. The van der Waals surface area contributed by atoms with Crippen LogP contribution < -0.4 is 10.1 Å². The van der Waals surface area contributed by atoms with E-state index in [0.717, 1.165) is 6.26 Å². The van der Waals surface area contributed by atoms with Crippen LogP contribution in [-0.2, 0) is 19.4 Å². The second-order valence-electron chi connectivity index (χ2n) is 4.29. The fourth-order valence-corrected chi connectivity index (χ4v) is 1.96. The van der Waals surface area contributed by atoms with Crippen LogP contribution in [-0.4, -0.2) is 43.5 Å². The molecule has 0 aliphatic rings. The number of amides is 1. The largest absolute Gasteiger partial charge is 0.480 e. The Morgan fingerprint density at radius 3 is 2.52 bits per heavy atom. The normalized spacial score (nSPS) is 12.5. The molecular formula is C12H14ClNO6S. The van der Waals surface area contributed by atoms with Gasteiger partial charge < -0.3 is 15.2 Å². The molecule has 0 aliphatic carbocycles. The van der Waals surface area contributed by atoms with E-state index in [1.165, 1.54) is 25.1 Å². The van der Waals surface area contributed by atoms with E-state index in [-0.39, 0.29) is 16.5 Å². The average molecular weight is 336 g/mol. The summed E-state index contributed by atoms with van der Waals surface area (Å²) in [4.78, 5) is 22.1. The van der Waals surface area contributed by atoms with Crippen LogP contribution in [0.4, 0.5) is 5.69 Å². The Morgan fingerprint density at radius 1 is 1.43 bits per heavy atom. The van der Waals surface area contributed by atoms with E-state index in [2.05, 4.69) is 5.32 Å². The summed E-state index contributed by atoms with van der Waals surface area (Å²) in [6, 6.07) is 4.15. The molecule has 1 amide bonds. The van der Waals surface area contributed by atoms with Crippen molar-refractivity contribution in [2.24, 2.45) is 0 Å². The highest BCUT2D eigenvalue weighted by Crippen LogP contribution is 2.27. The number of anilines is 1. The topological polar surface area (TPSA) is 110 Å². The standard InChI is InChI=1S/C12H14ClNO6S/c1-7(21(2,18)19)12(17)14-8-3-4-10(9(13)5-8)20-6-11(15)16/h3-5,7H,6H2,1-2H3,(H,14,17)(H,15,16). The molecule has 0 saturated heterocycles. The third kappa shape index (κ3) is 5.24.